The van der Waals surface area contributed by atoms with E-state index >= 15 is 0 Å². The second kappa shape index (κ2) is 4.23. The van der Waals surface area contributed by atoms with Crippen molar-refractivity contribution in [3.05, 3.63) is 41.7 Å². The Hall–Kier alpha value is -2.03. The summed E-state index contributed by atoms with van der Waals surface area (Å²) in [6, 6.07) is 6.25. The van der Waals surface area contributed by atoms with Crippen LogP contribution in [0.25, 0.3) is 16.5 Å². The average molecular weight is 213 g/mol. The Balaban J connectivity index is 2.54. The maximum atomic E-state index is 5.58. The Morgan fingerprint density at radius 2 is 2.25 bits per heavy atom. The molecule has 2 rings (SSSR count). The lowest BCUT2D eigenvalue weighted by molar-refractivity contribution is 1.42. The standard InChI is InChI=1S/C13H15N3/c1-9-7-16-13-5-10(3-4-12(9)13)11(6-14)8-15-2/h3-8,16H,14H2,1-2H3. The second-order valence-corrected chi connectivity index (χ2v) is 3.74. The van der Waals surface area contributed by atoms with Crippen molar-refractivity contribution < 1.29 is 0 Å². The van der Waals surface area contributed by atoms with Crippen molar-refractivity contribution >= 4 is 22.7 Å². The van der Waals surface area contributed by atoms with Crippen molar-refractivity contribution in [2.75, 3.05) is 7.05 Å². The van der Waals surface area contributed by atoms with E-state index in [0.29, 0.717) is 0 Å². The predicted octanol–water partition coefficient (Wildman–Crippen LogP) is 2.48. The molecule has 3 N–H and O–H groups in total. The Morgan fingerprint density at radius 1 is 1.44 bits per heavy atom. The van der Waals surface area contributed by atoms with Crippen molar-refractivity contribution in [3.8, 4) is 0 Å². The van der Waals surface area contributed by atoms with Gasteiger partial charge in [0.2, 0.25) is 0 Å². The van der Waals surface area contributed by atoms with Crippen LogP contribution < -0.4 is 5.73 Å². The number of nitrogens with two attached hydrogens (primary N) is 1. The van der Waals surface area contributed by atoms with E-state index in [1.165, 1.54) is 10.9 Å². The molecule has 0 saturated carbocycles. The highest BCUT2D eigenvalue weighted by Crippen LogP contribution is 2.21. The molecule has 16 heavy (non-hydrogen) atoms. The van der Waals surface area contributed by atoms with Gasteiger partial charge in [0, 0.05) is 42.1 Å². The van der Waals surface area contributed by atoms with Crippen molar-refractivity contribution in [2.45, 2.75) is 6.92 Å². The van der Waals surface area contributed by atoms with Gasteiger partial charge in [0.05, 0.1) is 0 Å². The van der Waals surface area contributed by atoms with Crippen LogP contribution in [0.2, 0.25) is 0 Å². The van der Waals surface area contributed by atoms with E-state index in [1.54, 1.807) is 19.5 Å². The van der Waals surface area contributed by atoms with Crippen LogP contribution in [0.5, 0.6) is 0 Å². The number of fused-ring (bicyclic) bond motifs is 1. The molecule has 1 heterocycles. The van der Waals surface area contributed by atoms with Crippen molar-refractivity contribution in [3.63, 3.8) is 0 Å². The third-order valence-electron chi connectivity index (χ3n) is 2.67. The zero-order valence-electron chi connectivity index (χ0n) is 9.49. The Morgan fingerprint density at radius 3 is 2.94 bits per heavy atom. The summed E-state index contributed by atoms with van der Waals surface area (Å²) >= 11 is 0. The largest absolute Gasteiger partial charge is 0.404 e. The lowest BCUT2D eigenvalue weighted by Gasteiger charge is -2.01. The highest BCUT2D eigenvalue weighted by molar-refractivity contribution is 6.10. The van der Waals surface area contributed by atoms with Gasteiger partial charge in [-0.3, -0.25) is 4.99 Å². The number of aliphatic imine (C=N–C) groups is 1. The number of H-pyrrole nitrogens is 1. The molecule has 0 fully saturated rings. The quantitative estimate of drug-likeness (QED) is 0.740. The van der Waals surface area contributed by atoms with E-state index < -0.39 is 0 Å². The summed E-state index contributed by atoms with van der Waals surface area (Å²) in [6.45, 7) is 2.09. The van der Waals surface area contributed by atoms with Gasteiger partial charge < -0.3 is 10.7 Å². The normalized spacial score (nSPS) is 12.8. The molecule has 0 unspecified atom stereocenters. The van der Waals surface area contributed by atoms with Crippen molar-refractivity contribution in [1.29, 1.82) is 0 Å². The molecule has 0 spiro atoms. The van der Waals surface area contributed by atoms with E-state index in [2.05, 4.69) is 35.1 Å². The van der Waals surface area contributed by atoms with Gasteiger partial charge in [-0.15, -0.1) is 0 Å². The first kappa shape index (κ1) is 10.5. The van der Waals surface area contributed by atoms with E-state index in [0.717, 1.165) is 16.7 Å². The lowest BCUT2D eigenvalue weighted by atomic mass is 10.1. The summed E-state index contributed by atoms with van der Waals surface area (Å²) < 4.78 is 0. The number of allylic oxidation sites excluding steroid dienone is 1. The van der Waals surface area contributed by atoms with Gasteiger partial charge in [-0.2, -0.15) is 0 Å². The Labute approximate surface area is 94.7 Å². The number of nitrogens with zero attached hydrogens (tertiary/aromatic N) is 1. The molecule has 1 aromatic carbocycles. The van der Waals surface area contributed by atoms with Crippen molar-refractivity contribution in [1.82, 2.24) is 4.98 Å². The monoisotopic (exact) mass is 213 g/mol. The molecule has 0 aliphatic heterocycles. The summed E-state index contributed by atoms with van der Waals surface area (Å²) in [6.07, 6.45) is 5.34. The molecule has 0 radical (unpaired) electrons. The fourth-order valence-electron chi connectivity index (χ4n) is 1.80. The van der Waals surface area contributed by atoms with Gasteiger partial charge >= 0.3 is 0 Å². The molecule has 1 aromatic heterocycles. The van der Waals surface area contributed by atoms with Crippen LogP contribution >= 0.6 is 0 Å². The lowest BCUT2D eigenvalue weighted by Crippen LogP contribution is -1.91. The van der Waals surface area contributed by atoms with Gasteiger partial charge in [0.15, 0.2) is 0 Å². The van der Waals surface area contributed by atoms with Gasteiger partial charge in [0.1, 0.15) is 0 Å². The smallest absolute Gasteiger partial charge is 0.0462 e. The highest BCUT2D eigenvalue weighted by atomic mass is 14.7. The highest BCUT2D eigenvalue weighted by Gasteiger charge is 2.03. The van der Waals surface area contributed by atoms with Gasteiger partial charge in [-0.25, -0.2) is 0 Å². The number of benzene rings is 1. The number of aryl methyl sites for hydroxylation is 1. The van der Waals surface area contributed by atoms with E-state index in [-0.39, 0.29) is 0 Å². The van der Waals surface area contributed by atoms with E-state index in [1.807, 2.05) is 6.20 Å². The van der Waals surface area contributed by atoms with Crippen molar-refractivity contribution in [2.24, 2.45) is 10.7 Å². The topological polar surface area (TPSA) is 54.2 Å². The van der Waals surface area contributed by atoms with Crippen LogP contribution in [-0.2, 0) is 0 Å². The van der Waals surface area contributed by atoms with Gasteiger partial charge in [0.25, 0.3) is 0 Å². The Bertz CT molecular complexity index is 562. The first-order valence-electron chi connectivity index (χ1n) is 5.18. The number of hydrogen-bond donors (Lipinski definition) is 2. The molecule has 3 nitrogen and oxygen atoms in total. The van der Waals surface area contributed by atoms with E-state index in [9.17, 15) is 0 Å². The number of aromatic amines is 1. The number of nitrogens with one attached hydrogen (secondary N) is 1. The Kier molecular flexibility index (Phi) is 2.77. The molecule has 0 bridgehead atoms. The first-order chi connectivity index (χ1) is 7.76. The number of hydrogen-bond acceptors (Lipinski definition) is 2. The third-order valence-corrected chi connectivity index (χ3v) is 2.67. The van der Waals surface area contributed by atoms with Crippen LogP contribution in [0.3, 0.4) is 0 Å². The maximum absolute atomic E-state index is 5.58. The first-order valence-corrected chi connectivity index (χ1v) is 5.18. The average Bonchev–Trinajstić information content (AvgIpc) is 2.67. The van der Waals surface area contributed by atoms with E-state index in [4.69, 9.17) is 5.73 Å². The summed E-state index contributed by atoms with van der Waals surface area (Å²) in [5.74, 6) is 0. The molecule has 0 saturated heterocycles. The fourth-order valence-corrected chi connectivity index (χ4v) is 1.80. The van der Waals surface area contributed by atoms with Crippen LogP contribution in [0.15, 0.2) is 35.6 Å². The molecule has 3 heteroatoms. The minimum atomic E-state index is 0.927. The molecule has 0 aliphatic carbocycles. The third kappa shape index (κ3) is 1.72. The number of aromatic nitrogens is 1. The van der Waals surface area contributed by atoms with Gasteiger partial charge in [-0.05, 0) is 24.1 Å². The zero-order chi connectivity index (χ0) is 11.5. The van der Waals surface area contributed by atoms with Gasteiger partial charge in [-0.1, -0.05) is 12.1 Å². The molecule has 0 amide bonds. The van der Waals surface area contributed by atoms with Crippen LogP contribution in [0, 0.1) is 6.92 Å². The fraction of sp³-hybridized carbons (Fsp3) is 0.154. The molecule has 0 aliphatic rings. The minimum Gasteiger partial charge on any atom is -0.404 e. The molecular weight excluding hydrogens is 198 g/mol. The number of rotatable bonds is 2. The molecular formula is C13H15N3. The van der Waals surface area contributed by atoms with Crippen LogP contribution in [-0.4, -0.2) is 18.2 Å². The summed E-state index contributed by atoms with van der Waals surface area (Å²) in [4.78, 5) is 7.22. The summed E-state index contributed by atoms with van der Waals surface area (Å²) in [5, 5.41) is 1.24. The van der Waals surface area contributed by atoms with Crippen LogP contribution in [0.4, 0.5) is 0 Å². The van der Waals surface area contributed by atoms with Crippen LogP contribution in [0.1, 0.15) is 11.1 Å². The SMILES string of the molecule is CN=CC(=CN)c1ccc2c(C)c[nH]c2c1. The molecule has 82 valence electrons. The zero-order valence-corrected chi connectivity index (χ0v) is 9.49. The summed E-state index contributed by atoms with van der Waals surface area (Å²) in [7, 11) is 1.74. The predicted molar refractivity (Wildman–Crippen MR) is 69.6 cm³/mol. The molecule has 2 aromatic rings. The second-order valence-electron chi connectivity index (χ2n) is 3.74. The summed E-state index contributed by atoms with van der Waals surface area (Å²) in [5.41, 5.74) is 9.95. The maximum Gasteiger partial charge on any atom is 0.0462 e. The minimum absolute atomic E-state index is 0.927. The molecule has 0 atom stereocenters.